The number of hydrogen-bond acceptors (Lipinski definition) is 4. The van der Waals surface area contributed by atoms with Crippen LogP contribution >= 0.6 is 11.3 Å². The van der Waals surface area contributed by atoms with Gasteiger partial charge in [0.05, 0.1) is 11.3 Å². The number of hydrogen-bond donors (Lipinski definition) is 2. The van der Waals surface area contributed by atoms with E-state index >= 15 is 0 Å². The van der Waals surface area contributed by atoms with E-state index in [0.29, 0.717) is 11.3 Å². The van der Waals surface area contributed by atoms with Gasteiger partial charge in [-0.05, 0) is 47.5 Å². The van der Waals surface area contributed by atoms with Crippen LogP contribution in [0.5, 0.6) is 0 Å². The zero-order valence-corrected chi connectivity index (χ0v) is 10.3. The predicted octanol–water partition coefficient (Wildman–Crippen LogP) is 3.38. The normalized spacial score (nSPS) is 11.8. The van der Waals surface area contributed by atoms with Gasteiger partial charge in [-0.1, -0.05) is 0 Å². The highest BCUT2D eigenvalue weighted by molar-refractivity contribution is 7.07. The summed E-state index contributed by atoms with van der Waals surface area (Å²) < 4.78 is 0. The van der Waals surface area contributed by atoms with Crippen LogP contribution in [-0.4, -0.2) is 0 Å². The Hall–Kier alpha value is -1.99. The van der Waals surface area contributed by atoms with Crippen molar-refractivity contribution in [3.8, 4) is 6.07 Å². The van der Waals surface area contributed by atoms with Crippen LogP contribution in [0.4, 0.5) is 11.4 Å². The van der Waals surface area contributed by atoms with Crippen LogP contribution < -0.4 is 11.1 Å². The molecule has 0 bridgehead atoms. The van der Waals surface area contributed by atoms with Gasteiger partial charge in [0.25, 0.3) is 0 Å². The average molecular weight is 243 g/mol. The molecule has 2 aromatic rings. The first kappa shape index (κ1) is 11.5. The summed E-state index contributed by atoms with van der Waals surface area (Å²) >= 11 is 1.68. The molecule has 0 amide bonds. The maximum absolute atomic E-state index is 8.79. The molecule has 0 fully saturated rings. The fraction of sp³-hybridized carbons (Fsp3) is 0.154. The number of nitrogens with two attached hydrogens (primary N) is 1. The molecule has 0 radical (unpaired) electrons. The molecule has 2 rings (SSSR count). The Morgan fingerprint density at radius 3 is 2.82 bits per heavy atom. The van der Waals surface area contributed by atoms with Gasteiger partial charge in [-0.15, -0.1) is 0 Å². The van der Waals surface area contributed by atoms with Crippen molar-refractivity contribution in [2.24, 2.45) is 0 Å². The van der Waals surface area contributed by atoms with Crippen molar-refractivity contribution < 1.29 is 0 Å². The third kappa shape index (κ3) is 2.58. The number of thiophene rings is 1. The summed E-state index contributed by atoms with van der Waals surface area (Å²) in [7, 11) is 0. The van der Waals surface area contributed by atoms with E-state index in [1.807, 2.05) is 6.07 Å². The van der Waals surface area contributed by atoms with Gasteiger partial charge in [0.1, 0.15) is 6.07 Å². The molecule has 0 aliphatic carbocycles. The third-order valence-electron chi connectivity index (χ3n) is 2.60. The maximum Gasteiger partial charge on any atom is 0.101 e. The third-order valence-corrected chi connectivity index (χ3v) is 3.30. The molecule has 0 aliphatic heterocycles. The van der Waals surface area contributed by atoms with Gasteiger partial charge in [-0.25, -0.2) is 0 Å². The summed E-state index contributed by atoms with van der Waals surface area (Å²) in [5.41, 5.74) is 8.97. The van der Waals surface area contributed by atoms with Gasteiger partial charge in [-0.2, -0.15) is 16.6 Å². The number of benzene rings is 1. The lowest BCUT2D eigenvalue weighted by molar-refractivity contribution is 0.891. The Labute approximate surface area is 105 Å². The number of anilines is 2. The zero-order valence-electron chi connectivity index (χ0n) is 9.47. The smallest absolute Gasteiger partial charge is 0.101 e. The van der Waals surface area contributed by atoms with Crippen LogP contribution in [0.3, 0.4) is 0 Å². The van der Waals surface area contributed by atoms with Crippen molar-refractivity contribution in [3.05, 3.63) is 46.2 Å². The molecule has 0 spiro atoms. The van der Waals surface area contributed by atoms with E-state index in [1.54, 1.807) is 23.5 Å². The molecule has 4 heteroatoms. The molecule has 86 valence electrons. The number of rotatable bonds is 3. The molecular weight excluding hydrogens is 230 g/mol. The second kappa shape index (κ2) is 4.89. The molecule has 17 heavy (non-hydrogen) atoms. The Morgan fingerprint density at radius 1 is 1.41 bits per heavy atom. The van der Waals surface area contributed by atoms with Gasteiger partial charge >= 0.3 is 0 Å². The molecule has 3 nitrogen and oxygen atoms in total. The highest BCUT2D eigenvalue weighted by atomic mass is 32.1. The maximum atomic E-state index is 8.79. The molecule has 0 aliphatic rings. The molecule has 1 unspecified atom stereocenters. The SMILES string of the molecule is CC(Nc1ccc(C#N)c(N)c1)c1ccsc1. The van der Waals surface area contributed by atoms with E-state index in [4.69, 9.17) is 11.0 Å². The first-order valence-corrected chi connectivity index (χ1v) is 6.23. The Morgan fingerprint density at radius 2 is 2.24 bits per heavy atom. The van der Waals surface area contributed by atoms with Crippen LogP contribution in [0.2, 0.25) is 0 Å². The molecule has 0 saturated heterocycles. The van der Waals surface area contributed by atoms with Crippen molar-refractivity contribution in [2.45, 2.75) is 13.0 Å². The second-order valence-corrected chi connectivity index (χ2v) is 4.62. The Balaban J connectivity index is 2.15. The summed E-state index contributed by atoms with van der Waals surface area (Å²) in [4.78, 5) is 0. The van der Waals surface area contributed by atoms with E-state index < -0.39 is 0 Å². The first-order chi connectivity index (χ1) is 8.20. The lowest BCUT2D eigenvalue weighted by Crippen LogP contribution is -2.06. The molecule has 1 atom stereocenters. The highest BCUT2D eigenvalue weighted by Crippen LogP contribution is 2.23. The van der Waals surface area contributed by atoms with Gasteiger partial charge in [0.2, 0.25) is 0 Å². The summed E-state index contributed by atoms with van der Waals surface area (Å²) in [5, 5.41) is 16.3. The minimum absolute atomic E-state index is 0.230. The van der Waals surface area contributed by atoms with E-state index in [0.717, 1.165) is 5.69 Å². The lowest BCUT2D eigenvalue weighted by Gasteiger charge is -2.14. The van der Waals surface area contributed by atoms with Gasteiger partial charge in [-0.3, -0.25) is 0 Å². The van der Waals surface area contributed by atoms with E-state index in [1.165, 1.54) is 5.56 Å². The summed E-state index contributed by atoms with van der Waals surface area (Å²) in [6, 6.07) is 9.77. The Bertz CT molecular complexity index is 540. The lowest BCUT2D eigenvalue weighted by atomic mass is 10.1. The molecular formula is C13H13N3S. The fourth-order valence-corrected chi connectivity index (χ4v) is 2.36. The molecule has 0 saturated carbocycles. The number of nitrogens with zero attached hydrogens (tertiary/aromatic N) is 1. The van der Waals surface area contributed by atoms with Crippen LogP contribution in [0, 0.1) is 11.3 Å². The van der Waals surface area contributed by atoms with Crippen molar-refractivity contribution in [1.82, 2.24) is 0 Å². The first-order valence-electron chi connectivity index (χ1n) is 5.29. The molecule has 1 aromatic carbocycles. The van der Waals surface area contributed by atoms with Crippen molar-refractivity contribution in [3.63, 3.8) is 0 Å². The monoisotopic (exact) mass is 243 g/mol. The predicted molar refractivity (Wildman–Crippen MR) is 71.9 cm³/mol. The van der Waals surface area contributed by atoms with E-state index in [2.05, 4.69) is 35.1 Å². The van der Waals surface area contributed by atoms with Crippen LogP contribution in [-0.2, 0) is 0 Å². The molecule has 1 heterocycles. The van der Waals surface area contributed by atoms with Gasteiger partial charge < -0.3 is 11.1 Å². The topological polar surface area (TPSA) is 61.8 Å². The van der Waals surface area contributed by atoms with Crippen LogP contribution in [0.1, 0.15) is 24.1 Å². The quantitative estimate of drug-likeness (QED) is 0.812. The summed E-state index contributed by atoms with van der Waals surface area (Å²) in [6.07, 6.45) is 0. The largest absolute Gasteiger partial charge is 0.398 e. The van der Waals surface area contributed by atoms with E-state index in [9.17, 15) is 0 Å². The minimum Gasteiger partial charge on any atom is -0.398 e. The van der Waals surface area contributed by atoms with Gasteiger partial charge in [0, 0.05) is 11.7 Å². The number of nitriles is 1. The van der Waals surface area contributed by atoms with Gasteiger partial charge in [0.15, 0.2) is 0 Å². The fourth-order valence-electron chi connectivity index (χ4n) is 1.61. The average Bonchev–Trinajstić information content (AvgIpc) is 2.82. The molecule has 1 aromatic heterocycles. The zero-order chi connectivity index (χ0) is 12.3. The van der Waals surface area contributed by atoms with E-state index in [-0.39, 0.29) is 6.04 Å². The van der Waals surface area contributed by atoms with Crippen LogP contribution in [0.15, 0.2) is 35.0 Å². The second-order valence-electron chi connectivity index (χ2n) is 3.84. The van der Waals surface area contributed by atoms with Crippen molar-refractivity contribution >= 4 is 22.7 Å². The van der Waals surface area contributed by atoms with Crippen LogP contribution in [0.25, 0.3) is 0 Å². The number of nitrogen functional groups attached to an aromatic ring is 1. The Kier molecular flexibility index (Phi) is 3.31. The summed E-state index contributed by atoms with van der Waals surface area (Å²) in [6.45, 7) is 2.09. The highest BCUT2D eigenvalue weighted by Gasteiger charge is 2.06. The minimum atomic E-state index is 0.230. The van der Waals surface area contributed by atoms with Crippen molar-refractivity contribution in [1.29, 1.82) is 5.26 Å². The molecule has 3 N–H and O–H groups in total. The van der Waals surface area contributed by atoms with Crippen molar-refractivity contribution in [2.75, 3.05) is 11.1 Å². The summed E-state index contributed by atoms with van der Waals surface area (Å²) in [5.74, 6) is 0. The standard InChI is InChI=1S/C13H13N3S/c1-9(11-4-5-17-8-11)16-12-3-2-10(7-14)13(15)6-12/h2-6,8-9,16H,15H2,1H3. The number of nitrogens with one attached hydrogen (secondary N) is 1.